The fourth-order valence-electron chi connectivity index (χ4n) is 2.49. The minimum absolute atomic E-state index is 0.714. The van der Waals surface area contributed by atoms with Crippen LogP contribution in [0, 0.1) is 25.2 Å². The first kappa shape index (κ1) is 13.9. The van der Waals surface area contributed by atoms with Gasteiger partial charge in [-0.25, -0.2) is 4.98 Å². The van der Waals surface area contributed by atoms with Crippen molar-refractivity contribution in [3.05, 3.63) is 40.4 Å². The van der Waals surface area contributed by atoms with Crippen molar-refractivity contribution < 1.29 is 0 Å². The minimum Gasteiger partial charge on any atom is -0.368 e. The largest absolute Gasteiger partial charge is 0.368 e. The molecule has 1 aromatic carbocycles. The summed E-state index contributed by atoms with van der Waals surface area (Å²) in [4.78, 5) is 10.7. The zero-order valence-corrected chi connectivity index (χ0v) is 13.2. The Bertz CT molecular complexity index is 641. The smallest absolute Gasteiger partial charge is 0.185 e. The number of thiazole rings is 1. The molecule has 21 heavy (non-hydrogen) atoms. The molecule has 0 N–H and O–H groups in total. The Labute approximate surface area is 129 Å². The van der Waals surface area contributed by atoms with E-state index in [9.17, 15) is 0 Å². The third-order valence-corrected chi connectivity index (χ3v) is 5.06. The molecule has 0 spiro atoms. The van der Waals surface area contributed by atoms with Gasteiger partial charge in [-0.15, -0.1) is 11.3 Å². The maximum Gasteiger partial charge on any atom is 0.185 e. The fraction of sp³-hybridized carbons (Fsp3) is 0.375. The molecule has 1 fully saturated rings. The summed E-state index contributed by atoms with van der Waals surface area (Å²) in [5.74, 6) is 0. The SMILES string of the molecule is Cc1nc(N2CCN(c3ccc(C#N)cc3)CC2)sc1C. The van der Waals surface area contributed by atoms with Crippen molar-refractivity contribution >= 4 is 22.2 Å². The summed E-state index contributed by atoms with van der Waals surface area (Å²) in [5.41, 5.74) is 3.05. The summed E-state index contributed by atoms with van der Waals surface area (Å²) in [6.45, 7) is 8.16. The highest BCUT2D eigenvalue weighted by Crippen LogP contribution is 2.27. The number of anilines is 2. The lowest BCUT2D eigenvalue weighted by molar-refractivity contribution is 0.651. The number of piperazine rings is 1. The van der Waals surface area contributed by atoms with E-state index < -0.39 is 0 Å². The molecule has 1 aliphatic heterocycles. The number of rotatable bonds is 2. The van der Waals surface area contributed by atoms with E-state index in [1.807, 2.05) is 24.3 Å². The summed E-state index contributed by atoms with van der Waals surface area (Å²) in [7, 11) is 0. The molecule has 2 heterocycles. The Balaban J connectivity index is 1.65. The van der Waals surface area contributed by atoms with Gasteiger partial charge in [-0.3, -0.25) is 0 Å². The molecule has 0 saturated carbocycles. The van der Waals surface area contributed by atoms with Crippen LogP contribution in [0.3, 0.4) is 0 Å². The molecule has 1 saturated heterocycles. The van der Waals surface area contributed by atoms with Crippen LogP contribution in [-0.4, -0.2) is 31.2 Å². The van der Waals surface area contributed by atoms with Crippen LogP contribution >= 0.6 is 11.3 Å². The normalized spacial score (nSPS) is 15.1. The van der Waals surface area contributed by atoms with Crippen molar-refractivity contribution in [1.29, 1.82) is 5.26 Å². The van der Waals surface area contributed by atoms with Gasteiger partial charge in [0.1, 0.15) is 0 Å². The molecule has 4 nitrogen and oxygen atoms in total. The van der Waals surface area contributed by atoms with E-state index in [4.69, 9.17) is 5.26 Å². The van der Waals surface area contributed by atoms with E-state index >= 15 is 0 Å². The van der Waals surface area contributed by atoms with Gasteiger partial charge >= 0.3 is 0 Å². The van der Waals surface area contributed by atoms with Crippen LogP contribution in [0.15, 0.2) is 24.3 Å². The molecular formula is C16H18N4S. The highest BCUT2D eigenvalue weighted by Gasteiger charge is 2.20. The molecule has 0 bridgehead atoms. The van der Waals surface area contributed by atoms with Crippen molar-refractivity contribution in [3.63, 3.8) is 0 Å². The second-order valence-electron chi connectivity index (χ2n) is 5.27. The maximum absolute atomic E-state index is 8.85. The number of hydrogen-bond acceptors (Lipinski definition) is 5. The maximum atomic E-state index is 8.85. The monoisotopic (exact) mass is 298 g/mol. The molecule has 2 aromatic rings. The van der Waals surface area contributed by atoms with Gasteiger partial charge in [0.25, 0.3) is 0 Å². The molecule has 1 aliphatic rings. The molecule has 0 amide bonds. The first-order chi connectivity index (χ1) is 10.2. The Morgan fingerprint density at radius 2 is 1.67 bits per heavy atom. The van der Waals surface area contributed by atoms with Crippen LogP contribution in [0.2, 0.25) is 0 Å². The predicted octanol–water partition coefficient (Wildman–Crippen LogP) is 2.96. The summed E-state index contributed by atoms with van der Waals surface area (Å²) in [6, 6.07) is 10.00. The van der Waals surface area contributed by atoms with Gasteiger partial charge in [0.15, 0.2) is 5.13 Å². The van der Waals surface area contributed by atoms with Gasteiger partial charge in [0.05, 0.1) is 17.3 Å². The highest BCUT2D eigenvalue weighted by molar-refractivity contribution is 7.15. The fourth-order valence-corrected chi connectivity index (χ4v) is 3.46. The average molecular weight is 298 g/mol. The Morgan fingerprint density at radius 1 is 1.05 bits per heavy atom. The first-order valence-corrected chi connectivity index (χ1v) is 7.93. The van der Waals surface area contributed by atoms with Crippen molar-refractivity contribution in [3.8, 4) is 6.07 Å². The first-order valence-electron chi connectivity index (χ1n) is 7.11. The van der Waals surface area contributed by atoms with Gasteiger partial charge in [-0.1, -0.05) is 0 Å². The number of benzene rings is 1. The van der Waals surface area contributed by atoms with Crippen molar-refractivity contribution in [2.24, 2.45) is 0 Å². The van der Waals surface area contributed by atoms with Crippen molar-refractivity contribution in [1.82, 2.24) is 4.98 Å². The number of hydrogen-bond donors (Lipinski definition) is 0. The van der Waals surface area contributed by atoms with Crippen LogP contribution in [-0.2, 0) is 0 Å². The Kier molecular flexibility index (Phi) is 3.80. The second kappa shape index (κ2) is 5.74. The molecule has 3 rings (SSSR count). The van der Waals surface area contributed by atoms with E-state index in [-0.39, 0.29) is 0 Å². The average Bonchev–Trinajstić information content (AvgIpc) is 2.87. The third kappa shape index (κ3) is 2.86. The number of nitriles is 1. The van der Waals surface area contributed by atoms with Gasteiger partial charge in [-0.2, -0.15) is 5.26 Å². The molecule has 1 aromatic heterocycles. The molecule has 0 radical (unpaired) electrons. The van der Waals surface area contributed by atoms with E-state index in [1.165, 1.54) is 10.6 Å². The Morgan fingerprint density at radius 3 is 2.19 bits per heavy atom. The molecule has 0 unspecified atom stereocenters. The van der Waals surface area contributed by atoms with Crippen LogP contribution < -0.4 is 9.80 Å². The van der Waals surface area contributed by atoms with Crippen molar-refractivity contribution in [2.45, 2.75) is 13.8 Å². The van der Waals surface area contributed by atoms with E-state index in [2.05, 4.69) is 34.7 Å². The van der Waals surface area contributed by atoms with Crippen LogP contribution in [0.25, 0.3) is 0 Å². The molecule has 108 valence electrons. The lowest BCUT2D eigenvalue weighted by Crippen LogP contribution is -2.46. The third-order valence-electron chi connectivity index (χ3n) is 3.93. The van der Waals surface area contributed by atoms with E-state index in [1.54, 1.807) is 11.3 Å². The van der Waals surface area contributed by atoms with Gasteiger partial charge < -0.3 is 9.80 Å². The van der Waals surface area contributed by atoms with Crippen molar-refractivity contribution in [2.75, 3.05) is 36.0 Å². The minimum atomic E-state index is 0.714. The zero-order valence-electron chi connectivity index (χ0n) is 12.3. The van der Waals surface area contributed by atoms with Crippen LogP contribution in [0.5, 0.6) is 0 Å². The highest BCUT2D eigenvalue weighted by atomic mass is 32.1. The van der Waals surface area contributed by atoms with Crippen LogP contribution in [0.4, 0.5) is 10.8 Å². The predicted molar refractivity (Wildman–Crippen MR) is 87.2 cm³/mol. The number of aryl methyl sites for hydroxylation is 2. The lowest BCUT2D eigenvalue weighted by atomic mass is 10.2. The zero-order chi connectivity index (χ0) is 14.8. The van der Waals surface area contributed by atoms with E-state index in [0.29, 0.717) is 5.56 Å². The standard InChI is InChI=1S/C16H18N4S/c1-12-13(2)21-16(18-12)20-9-7-19(8-10-20)15-5-3-14(11-17)4-6-15/h3-6H,7-10H2,1-2H3. The second-order valence-corrected chi connectivity index (χ2v) is 6.45. The summed E-state index contributed by atoms with van der Waals surface area (Å²) in [6.07, 6.45) is 0. The van der Waals surface area contributed by atoms with Gasteiger partial charge in [0, 0.05) is 36.7 Å². The lowest BCUT2D eigenvalue weighted by Gasteiger charge is -2.36. The van der Waals surface area contributed by atoms with Crippen LogP contribution in [0.1, 0.15) is 16.1 Å². The quantitative estimate of drug-likeness (QED) is 0.855. The summed E-state index contributed by atoms with van der Waals surface area (Å²) in [5, 5.41) is 9.99. The molecule has 0 atom stereocenters. The molecule has 0 aliphatic carbocycles. The Hall–Kier alpha value is -2.06. The number of nitrogens with zero attached hydrogens (tertiary/aromatic N) is 4. The topological polar surface area (TPSA) is 43.2 Å². The number of aromatic nitrogens is 1. The van der Waals surface area contributed by atoms with E-state index in [0.717, 1.165) is 37.0 Å². The molecule has 5 heteroatoms. The summed E-state index contributed by atoms with van der Waals surface area (Å²) >= 11 is 1.78. The summed E-state index contributed by atoms with van der Waals surface area (Å²) < 4.78 is 0. The van der Waals surface area contributed by atoms with Gasteiger partial charge in [-0.05, 0) is 38.1 Å². The van der Waals surface area contributed by atoms with Gasteiger partial charge in [0.2, 0.25) is 0 Å². The molecular weight excluding hydrogens is 280 g/mol.